The van der Waals surface area contributed by atoms with Gasteiger partial charge in [-0.3, -0.25) is 14.2 Å². The highest BCUT2D eigenvalue weighted by Crippen LogP contribution is 2.15. The zero-order valence-corrected chi connectivity index (χ0v) is 13.6. The third kappa shape index (κ3) is 3.40. The molecule has 0 amide bonds. The van der Waals surface area contributed by atoms with Gasteiger partial charge in [0.05, 0.1) is 11.4 Å². The molecule has 2 aromatic rings. The first kappa shape index (κ1) is 15.5. The summed E-state index contributed by atoms with van der Waals surface area (Å²) in [5.41, 5.74) is 5.41. The van der Waals surface area contributed by atoms with E-state index in [1.807, 2.05) is 36.4 Å². The van der Waals surface area contributed by atoms with Crippen molar-refractivity contribution in [1.82, 2.24) is 19.6 Å². The molecule has 0 atom stereocenters. The SMILES string of the molecule is CCc1cc(CC(=O)CCc2c(C)nn(C)c2C)n(C)n1. The van der Waals surface area contributed by atoms with Crippen LogP contribution in [0.15, 0.2) is 6.07 Å². The van der Waals surface area contributed by atoms with Crippen LogP contribution in [0.3, 0.4) is 0 Å². The van der Waals surface area contributed by atoms with Crippen molar-refractivity contribution < 1.29 is 4.79 Å². The molecule has 0 spiro atoms. The minimum absolute atomic E-state index is 0.253. The molecule has 0 N–H and O–H groups in total. The number of Topliss-reactive ketones (excluding diaryl/α,β-unsaturated/α-hetero) is 1. The van der Waals surface area contributed by atoms with Gasteiger partial charge in [0, 0.05) is 38.3 Å². The van der Waals surface area contributed by atoms with Crippen LogP contribution in [0.25, 0.3) is 0 Å². The van der Waals surface area contributed by atoms with E-state index in [9.17, 15) is 4.79 Å². The van der Waals surface area contributed by atoms with E-state index < -0.39 is 0 Å². The molecule has 21 heavy (non-hydrogen) atoms. The van der Waals surface area contributed by atoms with Crippen LogP contribution in [0.5, 0.6) is 0 Å². The second-order valence-corrected chi connectivity index (χ2v) is 5.59. The Bertz CT molecular complexity index is 652. The smallest absolute Gasteiger partial charge is 0.139 e. The minimum Gasteiger partial charge on any atom is -0.299 e. The second-order valence-electron chi connectivity index (χ2n) is 5.59. The lowest BCUT2D eigenvalue weighted by atomic mass is 10.0. The van der Waals surface area contributed by atoms with Crippen molar-refractivity contribution in [3.05, 3.63) is 34.4 Å². The van der Waals surface area contributed by atoms with Gasteiger partial charge in [0.25, 0.3) is 0 Å². The summed E-state index contributed by atoms with van der Waals surface area (Å²) in [7, 11) is 3.84. The van der Waals surface area contributed by atoms with E-state index in [1.54, 1.807) is 0 Å². The number of hydrogen-bond acceptors (Lipinski definition) is 3. The summed E-state index contributed by atoms with van der Waals surface area (Å²) < 4.78 is 3.70. The molecule has 0 unspecified atom stereocenters. The Hall–Kier alpha value is -1.91. The van der Waals surface area contributed by atoms with E-state index >= 15 is 0 Å². The number of nitrogens with zero attached hydrogens (tertiary/aromatic N) is 4. The molecule has 0 fully saturated rings. The van der Waals surface area contributed by atoms with Crippen LogP contribution in [-0.2, 0) is 38.2 Å². The largest absolute Gasteiger partial charge is 0.299 e. The molecule has 0 saturated heterocycles. The van der Waals surface area contributed by atoms with Crippen LogP contribution in [0, 0.1) is 13.8 Å². The lowest BCUT2D eigenvalue weighted by Gasteiger charge is -2.03. The molecular weight excluding hydrogens is 264 g/mol. The van der Waals surface area contributed by atoms with Crippen LogP contribution in [0.1, 0.15) is 41.7 Å². The maximum atomic E-state index is 12.2. The fourth-order valence-corrected chi connectivity index (χ4v) is 2.64. The monoisotopic (exact) mass is 288 g/mol. The van der Waals surface area contributed by atoms with Crippen molar-refractivity contribution >= 4 is 5.78 Å². The molecule has 2 heterocycles. The van der Waals surface area contributed by atoms with Gasteiger partial charge in [-0.2, -0.15) is 10.2 Å². The highest BCUT2D eigenvalue weighted by Gasteiger charge is 2.13. The Kier molecular flexibility index (Phi) is 4.60. The summed E-state index contributed by atoms with van der Waals surface area (Å²) in [6.07, 6.45) is 2.68. The Labute approximate surface area is 126 Å². The number of aromatic nitrogens is 4. The van der Waals surface area contributed by atoms with Crippen LogP contribution >= 0.6 is 0 Å². The lowest BCUT2D eigenvalue weighted by molar-refractivity contribution is -0.118. The molecule has 0 saturated carbocycles. The van der Waals surface area contributed by atoms with Crippen LogP contribution < -0.4 is 0 Å². The highest BCUT2D eigenvalue weighted by atomic mass is 16.1. The van der Waals surface area contributed by atoms with Crippen molar-refractivity contribution in [2.45, 2.75) is 46.5 Å². The van der Waals surface area contributed by atoms with Crippen molar-refractivity contribution in [2.24, 2.45) is 14.1 Å². The summed E-state index contributed by atoms with van der Waals surface area (Å²) in [5.74, 6) is 0.253. The number of carbonyl (C=O) groups excluding carboxylic acids is 1. The summed E-state index contributed by atoms with van der Waals surface area (Å²) in [5, 5.41) is 8.78. The lowest BCUT2D eigenvalue weighted by Crippen LogP contribution is -2.09. The fourth-order valence-electron chi connectivity index (χ4n) is 2.64. The molecule has 0 aliphatic rings. The van der Waals surface area contributed by atoms with E-state index in [1.165, 1.54) is 5.56 Å². The molecule has 0 aliphatic heterocycles. The average Bonchev–Trinajstić information content (AvgIpc) is 2.89. The Morgan fingerprint density at radius 1 is 1.19 bits per heavy atom. The molecule has 5 heteroatoms. The van der Waals surface area contributed by atoms with Crippen molar-refractivity contribution in [3.8, 4) is 0 Å². The van der Waals surface area contributed by atoms with Crippen LogP contribution in [-0.4, -0.2) is 25.3 Å². The summed E-state index contributed by atoms with van der Waals surface area (Å²) in [4.78, 5) is 12.2. The topological polar surface area (TPSA) is 52.7 Å². The number of rotatable bonds is 6. The van der Waals surface area contributed by atoms with E-state index in [0.29, 0.717) is 12.8 Å². The zero-order chi connectivity index (χ0) is 15.6. The number of aryl methyl sites for hydroxylation is 4. The normalized spacial score (nSPS) is 11.1. The van der Waals surface area contributed by atoms with Gasteiger partial charge < -0.3 is 0 Å². The third-order valence-electron chi connectivity index (χ3n) is 4.08. The first-order valence-electron chi connectivity index (χ1n) is 7.45. The Balaban J connectivity index is 1.97. The number of hydrogen-bond donors (Lipinski definition) is 0. The molecule has 0 radical (unpaired) electrons. The zero-order valence-electron chi connectivity index (χ0n) is 13.6. The third-order valence-corrected chi connectivity index (χ3v) is 4.08. The predicted octanol–water partition coefficient (Wildman–Crippen LogP) is 2.08. The van der Waals surface area contributed by atoms with Gasteiger partial charge in [-0.15, -0.1) is 0 Å². The van der Waals surface area contributed by atoms with Crippen molar-refractivity contribution in [3.63, 3.8) is 0 Å². The number of carbonyl (C=O) groups is 1. The quantitative estimate of drug-likeness (QED) is 0.817. The molecule has 0 aliphatic carbocycles. The fraction of sp³-hybridized carbons (Fsp3) is 0.562. The second kappa shape index (κ2) is 6.24. The molecule has 114 valence electrons. The molecule has 0 bridgehead atoms. The van der Waals surface area contributed by atoms with E-state index in [2.05, 4.69) is 24.0 Å². The van der Waals surface area contributed by atoms with Gasteiger partial charge >= 0.3 is 0 Å². The van der Waals surface area contributed by atoms with Crippen molar-refractivity contribution in [1.29, 1.82) is 0 Å². The maximum Gasteiger partial charge on any atom is 0.139 e. The average molecular weight is 288 g/mol. The molecule has 0 aromatic carbocycles. The van der Waals surface area contributed by atoms with Crippen LogP contribution in [0.2, 0.25) is 0 Å². The van der Waals surface area contributed by atoms with Crippen LogP contribution in [0.4, 0.5) is 0 Å². The van der Waals surface area contributed by atoms with Gasteiger partial charge in [0.1, 0.15) is 5.78 Å². The van der Waals surface area contributed by atoms with Gasteiger partial charge in [0.2, 0.25) is 0 Å². The first-order chi connectivity index (χ1) is 9.92. The standard InChI is InChI=1S/C16H24N4O/c1-6-13-9-14(20(5)18-13)10-15(21)7-8-16-11(2)17-19(4)12(16)3/h9H,6-8,10H2,1-5H3. The van der Waals surface area contributed by atoms with Gasteiger partial charge in [-0.05, 0) is 38.3 Å². The first-order valence-corrected chi connectivity index (χ1v) is 7.45. The molecule has 5 nitrogen and oxygen atoms in total. The molecule has 2 aromatic heterocycles. The van der Waals surface area contributed by atoms with E-state index in [4.69, 9.17) is 0 Å². The molecular formula is C16H24N4O. The van der Waals surface area contributed by atoms with Gasteiger partial charge in [-0.25, -0.2) is 0 Å². The van der Waals surface area contributed by atoms with E-state index in [-0.39, 0.29) is 5.78 Å². The molecule has 2 rings (SSSR count). The number of ketones is 1. The summed E-state index contributed by atoms with van der Waals surface area (Å²) in [6.45, 7) is 6.12. The summed E-state index contributed by atoms with van der Waals surface area (Å²) >= 11 is 0. The van der Waals surface area contributed by atoms with E-state index in [0.717, 1.165) is 35.6 Å². The predicted molar refractivity (Wildman–Crippen MR) is 82.3 cm³/mol. The minimum atomic E-state index is 0.253. The Morgan fingerprint density at radius 2 is 1.90 bits per heavy atom. The highest BCUT2D eigenvalue weighted by molar-refractivity contribution is 5.80. The van der Waals surface area contributed by atoms with Crippen molar-refractivity contribution in [2.75, 3.05) is 0 Å². The van der Waals surface area contributed by atoms with Gasteiger partial charge in [-0.1, -0.05) is 6.92 Å². The maximum absolute atomic E-state index is 12.2. The Morgan fingerprint density at radius 3 is 2.43 bits per heavy atom. The van der Waals surface area contributed by atoms with Gasteiger partial charge in [0.15, 0.2) is 0 Å². The summed E-state index contributed by atoms with van der Waals surface area (Å²) in [6, 6.07) is 2.03.